The normalized spacial score (nSPS) is 23.2. The fourth-order valence-electron chi connectivity index (χ4n) is 4.53. The first-order valence-electron chi connectivity index (χ1n) is 10.5. The van der Waals surface area contributed by atoms with Crippen molar-refractivity contribution >= 4 is 38.8 Å². The van der Waals surface area contributed by atoms with Crippen LogP contribution in [0.3, 0.4) is 0 Å². The summed E-state index contributed by atoms with van der Waals surface area (Å²) in [4.78, 5) is 24.6. The number of ether oxygens (including phenoxy) is 1. The Hall–Kier alpha value is -2.75. The molecule has 2 aliphatic rings. The molecule has 3 aromatic heterocycles. The number of thiophene rings is 1. The molecule has 0 saturated carbocycles. The number of anilines is 2. The van der Waals surface area contributed by atoms with Gasteiger partial charge in [-0.05, 0) is 37.0 Å². The molecule has 3 atom stereocenters. The van der Waals surface area contributed by atoms with Gasteiger partial charge in [-0.2, -0.15) is 0 Å². The highest BCUT2D eigenvalue weighted by Gasteiger charge is 2.31. The Balaban J connectivity index is 1.27. The van der Waals surface area contributed by atoms with Gasteiger partial charge >= 0.3 is 0 Å². The summed E-state index contributed by atoms with van der Waals surface area (Å²) < 4.78 is 6.38. The number of aryl methyl sites for hydroxylation is 1. The van der Waals surface area contributed by atoms with E-state index in [1.54, 1.807) is 19.5 Å². The summed E-state index contributed by atoms with van der Waals surface area (Å²) in [6.45, 7) is 1.50. The van der Waals surface area contributed by atoms with Crippen molar-refractivity contribution in [2.75, 3.05) is 30.8 Å². The lowest BCUT2D eigenvalue weighted by atomic mass is 9.91. The standard InChI is InChI=1S/C22H26N6O2S/c1-30-17-11-28(10-15(17)23)19-5-2-12-8-13(3-4-16(12)27-19)26-22(29)21-20(24)14-6-7-25-9-18(14)31-21/h2,5-7,9,13,15,17H,3-4,8,10-11,23-24H2,1H3,(H,26,29)/t13-,15-,17-/m0/s1. The minimum Gasteiger partial charge on any atom is -0.397 e. The molecule has 1 fully saturated rings. The Labute approximate surface area is 184 Å². The summed E-state index contributed by atoms with van der Waals surface area (Å²) in [5, 5.41) is 4.05. The van der Waals surface area contributed by atoms with Crippen LogP contribution in [0.4, 0.5) is 11.5 Å². The number of hydrogen-bond donors (Lipinski definition) is 3. The minimum atomic E-state index is -0.117. The number of pyridine rings is 2. The van der Waals surface area contributed by atoms with E-state index in [2.05, 4.69) is 21.3 Å². The number of rotatable bonds is 4. The molecule has 1 saturated heterocycles. The van der Waals surface area contributed by atoms with Gasteiger partial charge in [0.05, 0.1) is 22.5 Å². The van der Waals surface area contributed by atoms with Gasteiger partial charge in [0.25, 0.3) is 5.91 Å². The van der Waals surface area contributed by atoms with Gasteiger partial charge in [-0.15, -0.1) is 11.3 Å². The van der Waals surface area contributed by atoms with Gasteiger partial charge in [-0.1, -0.05) is 6.07 Å². The first-order chi connectivity index (χ1) is 15.0. The zero-order valence-corrected chi connectivity index (χ0v) is 18.2. The van der Waals surface area contributed by atoms with E-state index in [1.807, 2.05) is 12.1 Å². The second-order valence-corrected chi connectivity index (χ2v) is 9.30. The highest BCUT2D eigenvalue weighted by molar-refractivity contribution is 7.21. The molecule has 3 aromatic rings. The summed E-state index contributed by atoms with van der Waals surface area (Å²) in [5.41, 5.74) is 15.2. The molecule has 31 heavy (non-hydrogen) atoms. The molecule has 0 bridgehead atoms. The van der Waals surface area contributed by atoms with Crippen molar-refractivity contribution in [2.45, 2.75) is 37.5 Å². The van der Waals surface area contributed by atoms with Gasteiger partial charge in [0.2, 0.25) is 0 Å². The summed E-state index contributed by atoms with van der Waals surface area (Å²) in [7, 11) is 1.70. The van der Waals surface area contributed by atoms with Crippen LogP contribution in [-0.4, -0.2) is 54.3 Å². The first kappa shape index (κ1) is 20.2. The van der Waals surface area contributed by atoms with Crippen molar-refractivity contribution in [3.05, 3.63) is 46.7 Å². The molecule has 1 aliphatic heterocycles. The quantitative estimate of drug-likeness (QED) is 0.567. The van der Waals surface area contributed by atoms with Crippen molar-refractivity contribution < 1.29 is 9.53 Å². The Morgan fingerprint density at radius 1 is 1.32 bits per heavy atom. The molecule has 0 radical (unpaired) electrons. The van der Waals surface area contributed by atoms with Crippen LogP contribution >= 0.6 is 11.3 Å². The number of carbonyl (C=O) groups excluding carboxylic acids is 1. The molecular weight excluding hydrogens is 412 g/mol. The van der Waals surface area contributed by atoms with E-state index < -0.39 is 0 Å². The van der Waals surface area contributed by atoms with E-state index in [-0.39, 0.29) is 24.1 Å². The average molecular weight is 439 g/mol. The van der Waals surface area contributed by atoms with Crippen LogP contribution in [0, 0.1) is 0 Å². The number of nitrogens with two attached hydrogens (primary N) is 2. The number of hydrogen-bond acceptors (Lipinski definition) is 8. The SMILES string of the molecule is CO[C@H]1CN(c2ccc3c(n2)CC[C@H](NC(=O)c2sc4cnccc4c2N)C3)C[C@@H]1N. The molecule has 1 aliphatic carbocycles. The van der Waals surface area contributed by atoms with Crippen LogP contribution in [0.2, 0.25) is 0 Å². The Kier molecular flexibility index (Phi) is 5.25. The number of fused-ring (bicyclic) bond motifs is 2. The Morgan fingerprint density at radius 3 is 2.97 bits per heavy atom. The van der Waals surface area contributed by atoms with E-state index >= 15 is 0 Å². The van der Waals surface area contributed by atoms with Gasteiger partial charge in [-0.3, -0.25) is 9.78 Å². The monoisotopic (exact) mass is 438 g/mol. The number of nitrogens with one attached hydrogen (secondary N) is 1. The predicted octanol–water partition coefficient (Wildman–Crippen LogP) is 1.72. The largest absolute Gasteiger partial charge is 0.397 e. The number of nitrogen functional groups attached to an aromatic ring is 1. The summed E-state index contributed by atoms with van der Waals surface area (Å²) in [5.74, 6) is 0.830. The molecule has 0 unspecified atom stereocenters. The molecule has 9 heteroatoms. The third-order valence-corrected chi connectivity index (χ3v) is 7.41. The zero-order valence-electron chi connectivity index (χ0n) is 17.4. The Morgan fingerprint density at radius 2 is 2.19 bits per heavy atom. The molecule has 162 valence electrons. The maximum absolute atomic E-state index is 12.9. The first-order valence-corrected chi connectivity index (χ1v) is 11.3. The number of aromatic nitrogens is 2. The molecule has 1 amide bonds. The highest BCUT2D eigenvalue weighted by Crippen LogP contribution is 2.33. The fraction of sp³-hybridized carbons (Fsp3) is 0.409. The number of amides is 1. The Bertz CT molecular complexity index is 1130. The van der Waals surface area contributed by atoms with Gasteiger partial charge in [0.15, 0.2) is 0 Å². The second-order valence-electron chi connectivity index (χ2n) is 8.25. The van der Waals surface area contributed by atoms with Crippen molar-refractivity contribution in [1.29, 1.82) is 0 Å². The third kappa shape index (κ3) is 3.73. The van der Waals surface area contributed by atoms with Crippen LogP contribution in [0.25, 0.3) is 10.1 Å². The summed E-state index contributed by atoms with van der Waals surface area (Å²) in [6, 6.07) is 6.08. The minimum absolute atomic E-state index is 0.000423. The number of methoxy groups -OCH3 is 1. The molecule has 4 heterocycles. The second kappa shape index (κ2) is 8.07. The van der Waals surface area contributed by atoms with Crippen LogP contribution < -0.4 is 21.7 Å². The van der Waals surface area contributed by atoms with E-state index in [0.717, 1.165) is 53.9 Å². The van der Waals surface area contributed by atoms with Gasteiger partial charge in [-0.25, -0.2) is 4.98 Å². The van der Waals surface area contributed by atoms with Crippen LogP contribution in [0.15, 0.2) is 30.6 Å². The summed E-state index contributed by atoms with van der Waals surface area (Å²) >= 11 is 1.39. The average Bonchev–Trinajstić information content (AvgIpc) is 3.33. The molecule has 0 spiro atoms. The van der Waals surface area contributed by atoms with Crippen molar-refractivity contribution in [1.82, 2.24) is 15.3 Å². The lowest BCUT2D eigenvalue weighted by molar-refractivity contribution is 0.0938. The van der Waals surface area contributed by atoms with Crippen LogP contribution in [0.1, 0.15) is 27.3 Å². The number of nitrogens with zero attached hydrogens (tertiary/aromatic N) is 3. The third-order valence-electron chi connectivity index (χ3n) is 6.26. The topological polar surface area (TPSA) is 119 Å². The summed E-state index contributed by atoms with van der Waals surface area (Å²) in [6.07, 6.45) is 5.91. The van der Waals surface area contributed by atoms with Crippen molar-refractivity contribution in [2.24, 2.45) is 5.73 Å². The fourth-order valence-corrected chi connectivity index (χ4v) is 5.52. The van der Waals surface area contributed by atoms with E-state index in [1.165, 1.54) is 16.9 Å². The van der Waals surface area contributed by atoms with Crippen molar-refractivity contribution in [3.63, 3.8) is 0 Å². The van der Waals surface area contributed by atoms with Crippen molar-refractivity contribution in [3.8, 4) is 0 Å². The van der Waals surface area contributed by atoms with Crippen LogP contribution in [-0.2, 0) is 17.6 Å². The molecular formula is C22H26N6O2S. The number of carbonyl (C=O) groups is 1. The molecule has 5 rings (SSSR count). The zero-order chi connectivity index (χ0) is 21.5. The van der Waals surface area contributed by atoms with Gasteiger partial charge < -0.3 is 26.4 Å². The molecule has 0 aromatic carbocycles. The van der Waals surface area contributed by atoms with E-state index in [9.17, 15) is 4.79 Å². The lowest BCUT2D eigenvalue weighted by Gasteiger charge is -2.26. The maximum atomic E-state index is 12.9. The van der Waals surface area contributed by atoms with E-state index in [4.69, 9.17) is 21.2 Å². The van der Waals surface area contributed by atoms with Gasteiger partial charge in [0, 0.05) is 49.7 Å². The van der Waals surface area contributed by atoms with Crippen LogP contribution in [0.5, 0.6) is 0 Å². The predicted molar refractivity (Wildman–Crippen MR) is 123 cm³/mol. The van der Waals surface area contributed by atoms with E-state index in [0.29, 0.717) is 10.6 Å². The maximum Gasteiger partial charge on any atom is 0.263 e. The smallest absolute Gasteiger partial charge is 0.263 e. The van der Waals surface area contributed by atoms with Gasteiger partial charge in [0.1, 0.15) is 10.7 Å². The lowest BCUT2D eigenvalue weighted by Crippen LogP contribution is -2.39. The molecule has 5 N–H and O–H groups in total. The molecule has 8 nitrogen and oxygen atoms in total. The highest BCUT2D eigenvalue weighted by atomic mass is 32.1.